The van der Waals surface area contributed by atoms with Gasteiger partial charge in [-0.05, 0) is 43.7 Å². The summed E-state index contributed by atoms with van der Waals surface area (Å²) < 4.78 is 1.35. The molecule has 30 heavy (non-hydrogen) atoms. The molecule has 1 N–H and O–H groups in total. The Hall–Kier alpha value is -3.29. The number of amides is 1. The minimum atomic E-state index is -0.371. The minimum Gasteiger partial charge on any atom is -0.298 e. The smallest absolute Gasteiger partial charge is 0.258 e. The van der Waals surface area contributed by atoms with Crippen molar-refractivity contribution in [2.45, 2.75) is 13.8 Å². The van der Waals surface area contributed by atoms with E-state index in [1.807, 2.05) is 31.4 Å². The van der Waals surface area contributed by atoms with Crippen LogP contribution < -0.4 is 10.9 Å². The molecular weight excluding hydrogens is 420 g/mol. The van der Waals surface area contributed by atoms with Gasteiger partial charge in [-0.2, -0.15) is 0 Å². The topological polar surface area (TPSA) is 76.9 Å². The standard InChI is InChI=1S/C22H17ClN4O2S/c1-13-7-9-17(24-14(13)2)18-12-30-22(25-18)26-21(29)15-8-10-20(28)27(11-15)19-6-4-3-5-16(19)23/h3-12H,1-2H3,(H,25,26,29). The SMILES string of the molecule is Cc1ccc(-c2csc(NC(=O)c3ccc(=O)n(-c4ccccc4Cl)c3)n2)nc1C. The lowest BCUT2D eigenvalue weighted by atomic mass is 10.2. The van der Waals surface area contributed by atoms with Gasteiger partial charge in [0.1, 0.15) is 5.69 Å². The average Bonchev–Trinajstić information content (AvgIpc) is 3.19. The number of carbonyl (C=O) groups excluding carboxylic acids is 1. The van der Waals surface area contributed by atoms with Crippen LogP contribution in [0.2, 0.25) is 5.02 Å². The van der Waals surface area contributed by atoms with Crippen LogP contribution in [0.25, 0.3) is 17.1 Å². The van der Waals surface area contributed by atoms with Crippen molar-refractivity contribution in [1.82, 2.24) is 14.5 Å². The largest absolute Gasteiger partial charge is 0.298 e. The molecule has 0 bridgehead atoms. The third-order valence-electron chi connectivity index (χ3n) is 4.62. The minimum absolute atomic E-state index is 0.281. The zero-order chi connectivity index (χ0) is 21.3. The van der Waals surface area contributed by atoms with Crippen LogP contribution in [-0.4, -0.2) is 20.4 Å². The van der Waals surface area contributed by atoms with E-state index in [0.29, 0.717) is 27.1 Å². The molecule has 0 aliphatic rings. The zero-order valence-corrected chi connectivity index (χ0v) is 17.8. The quantitative estimate of drug-likeness (QED) is 0.494. The van der Waals surface area contributed by atoms with Crippen LogP contribution in [0.4, 0.5) is 5.13 Å². The lowest BCUT2D eigenvalue weighted by Gasteiger charge is -2.09. The second-order valence-corrected chi connectivity index (χ2v) is 7.93. The maximum Gasteiger partial charge on any atom is 0.258 e. The summed E-state index contributed by atoms with van der Waals surface area (Å²) in [6.45, 7) is 3.95. The highest BCUT2D eigenvalue weighted by Crippen LogP contribution is 2.25. The van der Waals surface area contributed by atoms with Gasteiger partial charge in [0.15, 0.2) is 5.13 Å². The molecule has 4 aromatic rings. The summed E-state index contributed by atoms with van der Waals surface area (Å²) >= 11 is 7.51. The Balaban J connectivity index is 1.59. The second kappa shape index (κ2) is 8.22. The molecule has 1 amide bonds. The van der Waals surface area contributed by atoms with E-state index in [2.05, 4.69) is 15.3 Å². The zero-order valence-electron chi connectivity index (χ0n) is 16.2. The van der Waals surface area contributed by atoms with Gasteiger partial charge in [0.25, 0.3) is 11.5 Å². The van der Waals surface area contributed by atoms with Gasteiger partial charge in [0.05, 0.1) is 22.0 Å². The molecule has 3 heterocycles. The molecule has 0 saturated carbocycles. The number of pyridine rings is 2. The Morgan fingerprint density at radius 1 is 1.03 bits per heavy atom. The first-order chi connectivity index (χ1) is 14.4. The van der Waals surface area contributed by atoms with E-state index in [1.54, 1.807) is 24.3 Å². The number of halogens is 1. The summed E-state index contributed by atoms with van der Waals surface area (Å²) in [5, 5.41) is 5.49. The van der Waals surface area contributed by atoms with E-state index in [1.165, 1.54) is 34.2 Å². The molecule has 0 saturated heterocycles. The van der Waals surface area contributed by atoms with Crippen molar-refractivity contribution in [3.63, 3.8) is 0 Å². The van der Waals surface area contributed by atoms with Gasteiger partial charge >= 0.3 is 0 Å². The van der Waals surface area contributed by atoms with Crippen LogP contribution >= 0.6 is 22.9 Å². The highest BCUT2D eigenvalue weighted by Gasteiger charge is 2.13. The Bertz CT molecular complexity index is 1310. The van der Waals surface area contributed by atoms with E-state index >= 15 is 0 Å². The van der Waals surface area contributed by atoms with Crippen molar-refractivity contribution >= 4 is 34.0 Å². The van der Waals surface area contributed by atoms with Crippen molar-refractivity contribution in [3.8, 4) is 17.1 Å². The number of rotatable bonds is 4. The van der Waals surface area contributed by atoms with Crippen LogP contribution in [0.5, 0.6) is 0 Å². The number of hydrogen-bond donors (Lipinski definition) is 1. The third-order valence-corrected chi connectivity index (χ3v) is 5.70. The Morgan fingerprint density at radius 3 is 2.60 bits per heavy atom. The van der Waals surface area contributed by atoms with E-state index < -0.39 is 0 Å². The molecule has 0 unspecified atom stereocenters. The lowest BCUT2D eigenvalue weighted by molar-refractivity contribution is 0.102. The number of benzene rings is 1. The van der Waals surface area contributed by atoms with E-state index in [0.717, 1.165) is 17.0 Å². The monoisotopic (exact) mass is 436 g/mol. The van der Waals surface area contributed by atoms with Crippen molar-refractivity contribution in [2.75, 3.05) is 5.32 Å². The number of para-hydroxylation sites is 1. The highest BCUT2D eigenvalue weighted by atomic mass is 35.5. The number of thiazole rings is 1. The fraction of sp³-hybridized carbons (Fsp3) is 0.0909. The fourth-order valence-corrected chi connectivity index (χ4v) is 3.77. The molecule has 0 aliphatic carbocycles. The highest BCUT2D eigenvalue weighted by molar-refractivity contribution is 7.14. The number of aromatic nitrogens is 3. The molecule has 0 atom stereocenters. The van der Waals surface area contributed by atoms with Crippen LogP contribution in [0, 0.1) is 13.8 Å². The summed E-state index contributed by atoms with van der Waals surface area (Å²) in [4.78, 5) is 34.0. The first kappa shape index (κ1) is 20.0. The number of hydrogen-bond acceptors (Lipinski definition) is 5. The lowest BCUT2D eigenvalue weighted by Crippen LogP contribution is -2.21. The number of anilines is 1. The fourth-order valence-electron chi connectivity index (χ4n) is 2.85. The number of aryl methyl sites for hydroxylation is 2. The first-order valence-electron chi connectivity index (χ1n) is 9.11. The molecule has 0 fully saturated rings. The molecule has 1 aromatic carbocycles. The molecule has 8 heteroatoms. The van der Waals surface area contributed by atoms with Gasteiger partial charge in [-0.1, -0.05) is 29.8 Å². The normalized spacial score (nSPS) is 10.8. The third kappa shape index (κ3) is 4.03. The maximum atomic E-state index is 12.7. The molecule has 150 valence electrons. The molecule has 6 nitrogen and oxygen atoms in total. The molecule has 4 rings (SSSR count). The van der Waals surface area contributed by atoms with Gasteiger partial charge in [-0.25, -0.2) is 4.98 Å². The number of nitrogens with zero attached hydrogens (tertiary/aromatic N) is 3. The second-order valence-electron chi connectivity index (χ2n) is 6.67. The van der Waals surface area contributed by atoms with Gasteiger partial charge in [-0.3, -0.25) is 24.5 Å². The van der Waals surface area contributed by atoms with Gasteiger partial charge in [0.2, 0.25) is 0 Å². The predicted octanol–water partition coefficient (Wildman–Crippen LogP) is 4.88. The maximum absolute atomic E-state index is 12.7. The van der Waals surface area contributed by atoms with Gasteiger partial charge in [0, 0.05) is 23.3 Å². The Labute approximate surface area is 181 Å². The predicted molar refractivity (Wildman–Crippen MR) is 120 cm³/mol. The van der Waals surface area contributed by atoms with Crippen LogP contribution in [0.1, 0.15) is 21.6 Å². The van der Waals surface area contributed by atoms with Crippen molar-refractivity contribution in [2.24, 2.45) is 0 Å². The summed E-state index contributed by atoms with van der Waals surface area (Å²) in [5.41, 5.74) is 4.04. The first-order valence-corrected chi connectivity index (χ1v) is 10.4. The van der Waals surface area contributed by atoms with E-state index in [4.69, 9.17) is 11.6 Å². The van der Waals surface area contributed by atoms with Gasteiger partial charge < -0.3 is 0 Å². The van der Waals surface area contributed by atoms with E-state index in [-0.39, 0.29) is 11.5 Å². The summed E-state index contributed by atoms with van der Waals surface area (Å²) in [5.74, 6) is -0.371. The molecule has 0 radical (unpaired) electrons. The summed E-state index contributed by atoms with van der Waals surface area (Å²) in [7, 11) is 0. The summed E-state index contributed by atoms with van der Waals surface area (Å²) in [6, 6.07) is 13.7. The Kier molecular flexibility index (Phi) is 5.48. The van der Waals surface area contributed by atoms with Crippen molar-refractivity contribution in [3.05, 3.63) is 92.3 Å². The number of carbonyl (C=O) groups is 1. The van der Waals surface area contributed by atoms with Crippen molar-refractivity contribution in [1.29, 1.82) is 0 Å². The molecule has 3 aromatic heterocycles. The number of nitrogens with one attached hydrogen (secondary N) is 1. The van der Waals surface area contributed by atoms with Crippen LogP contribution in [0.3, 0.4) is 0 Å². The molecule has 0 spiro atoms. The van der Waals surface area contributed by atoms with E-state index in [9.17, 15) is 9.59 Å². The van der Waals surface area contributed by atoms with Crippen molar-refractivity contribution < 1.29 is 4.79 Å². The average molecular weight is 437 g/mol. The molecular formula is C22H17ClN4O2S. The van der Waals surface area contributed by atoms with Crippen LogP contribution in [-0.2, 0) is 0 Å². The Morgan fingerprint density at radius 2 is 1.83 bits per heavy atom. The summed E-state index contributed by atoms with van der Waals surface area (Å²) in [6.07, 6.45) is 1.47. The molecule has 0 aliphatic heterocycles. The van der Waals surface area contributed by atoms with Gasteiger partial charge in [-0.15, -0.1) is 11.3 Å². The van der Waals surface area contributed by atoms with Crippen LogP contribution in [0.15, 0.2) is 64.9 Å².